The van der Waals surface area contributed by atoms with Crippen molar-refractivity contribution in [2.75, 3.05) is 7.11 Å². The minimum atomic E-state index is -0.146. The van der Waals surface area contributed by atoms with E-state index in [0.29, 0.717) is 11.8 Å². The number of methoxy groups -OCH3 is 1. The predicted octanol–water partition coefficient (Wildman–Crippen LogP) is 2.64. The number of hydrogen-bond acceptors (Lipinski definition) is 2. The van der Waals surface area contributed by atoms with Crippen molar-refractivity contribution in [3.8, 4) is 0 Å². The monoisotopic (exact) mass is 184 g/mol. The number of hydrogen-bond donors (Lipinski definition) is 0. The van der Waals surface area contributed by atoms with Crippen LogP contribution in [0.4, 0.5) is 0 Å². The molecule has 2 nitrogen and oxygen atoms in total. The van der Waals surface area contributed by atoms with Gasteiger partial charge in [0, 0.05) is 0 Å². The summed E-state index contributed by atoms with van der Waals surface area (Å²) in [4.78, 5) is 11.3. The molecule has 0 heterocycles. The van der Waals surface area contributed by atoms with Gasteiger partial charge in [-0.15, -0.1) is 0 Å². The molecular formula is C11H20O2. The van der Waals surface area contributed by atoms with Crippen molar-refractivity contribution in [1.82, 2.24) is 0 Å². The van der Waals surface area contributed by atoms with Gasteiger partial charge in [-0.2, -0.15) is 0 Å². The molecule has 0 fully saturated rings. The Labute approximate surface area is 81.0 Å². The van der Waals surface area contributed by atoms with Crippen molar-refractivity contribution in [1.29, 1.82) is 0 Å². The molecule has 0 bridgehead atoms. The smallest absolute Gasteiger partial charge is 0.312 e. The first kappa shape index (κ1) is 12.2. The predicted molar refractivity (Wildman–Crippen MR) is 54.3 cm³/mol. The fraction of sp³-hybridized carbons (Fsp3) is 0.727. The normalized spacial score (nSPS) is 14.1. The molecule has 0 amide bonds. The highest BCUT2D eigenvalue weighted by molar-refractivity contribution is 5.74. The van der Waals surface area contributed by atoms with Crippen LogP contribution < -0.4 is 0 Å². The van der Waals surface area contributed by atoms with Crippen LogP contribution in [0.15, 0.2) is 12.2 Å². The fourth-order valence-electron chi connectivity index (χ4n) is 1.05. The minimum Gasteiger partial charge on any atom is -0.469 e. The molecule has 13 heavy (non-hydrogen) atoms. The number of carbonyl (C=O) groups is 1. The number of esters is 1. The maximum atomic E-state index is 11.3. The molecule has 0 aromatic rings. The topological polar surface area (TPSA) is 26.3 Å². The molecule has 1 atom stereocenters. The van der Waals surface area contributed by atoms with Crippen LogP contribution in [0.1, 0.15) is 27.7 Å². The van der Waals surface area contributed by atoms with E-state index in [-0.39, 0.29) is 11.9 Å². The van der Waals surface area contributed by atoms with Crippen LogP contribution in [0.2, 0.25) is 0 Å². The van der Waals surface area contributed by atoms with Crippen LogP contribution in [-0.4, -0.2) is 13.1 Å². The number of carbonyl (C=O) groups excluding carboxylic acids is 1. The van der Waals surface area contributed by atoms with E-state index in [1.165, 1.54) is 7.11 Å². The summed E-state index contributed by atoms with van der Waals surface area (Å²) in [6.45, 7) is 8.22. The fourth-order valence-corrected chi connectivity index (χ4v) is 1.05. The van der Waals surface area contributed by atoms with Gasteiger partial charge in [0.25, 0.3) is 0 Å². The summed E-state index contributed by atoms with van der Waals surface area (Å²) in [5.74, 6) is 0.521. The van der Waals surface area contributed by atoms with Crippen molar-refractivity contribution >= 4 is 5.97 Å². The Morgan fingerprint density at radius 3 is 2.00 bits per heavy atom. The maximum Gasteiger partial charge on any atom is 0.312 e. The van der Waals surface area contributed by atoms with Crippen molar-refractivity contribution in [3.05, 3.63) is 12.2 Å². The van der Waals surface area contributed by atoms with Gasteiger partial charge in [-0.1, -0.05) is 39.8 Å². The Bertz CT molecular complexity index is 181. The highest BCUT2D eigenvalue weighted by Crippen LogP contribution is 2.15. The number of rotatable bonds is 4. The SMILES string of the molecule is COC(=O)C(C=CC(C)C)C(C)C. The molecule has 0 radical (unpaired) electrons. The second-order valence-corrected chi connectivity index (χ2v) is 3.92. The Hall–Kier alpha value is -0.790. The third-order valence-electron chi connectivity index (χ3n) is 1.89. The van der Waals surface area contributed by atoms with Crippen molar-refractivity contribution in [2.45, 2.75) is 27.7 Å². The summed E-state index contributed by atoms with van der Waals surface area (Å²) in [5, 5.41) is 0. The largest absolute Gasteiger partial charge is 0.469 e. The zero-order valence-corrected chi connectivity index (χ0v) is 9.20. The highest BCUT2D eigenvalue weighted by Gasteiger charge is 2.19. The van der Waals surface area contributed by atoms with E-state index >= 15 is 0 Å². The summed E-state index contributed by atoms with van der Waals surface area (Å²) in [7, 11) is 1.43. The highest BCUT2D eigenvalue weighted by atomic mass is 16.5. The Balaban J connectivity index is 4.35. The summed E-state index contributed by atoms with van der Waals surface area (Å²) in [6, 6.07) is 0. The summed E-state index contributed by atoms with van der Waals surface area (Å²) < 4.78 is 4.72. The van der Waals surface area contributed by atoms with Crippen molar-refractivity contribution in [2.24, 2.45) is 17.8 Å². The first-order valence-corrected chi connectivity index (χ1v) is 4.75. The van der Waals surface area contributed by atoms with E-state index in [9.17, 15) is 4.79 Å². The first-order chi connectivity index (χ1) is 5.99. The van der Waals surface area contributed by atoms with Crippen LogP contribution in [0.25, 0.3) is 0 Å². The molecule has 0 aliphatic rings. The molecule has 0 rings (SSSR count). The van der Waals surface area contributed by atoms with Gasteiger partial charge in [-0.25, -0.2) is 0 Å². The summed E-state index contributed by atoms with van der Waals surface area (Å²) >= 11 is 0. The van der Waals surface area contributed by atoms with Crippen LogP contribution in [-0.2, 0) is 9.53 Å². The standard InChI is InChI=1S/C11H20O2/c1-8(2)6-7-10(9(3)4)11(12)13-5/h6-10H,1-5H3. The quantitative estimate of drug-likeness (QED) is 0.496. The van der Waals surface area contributed by atoms with Crippen LogP contribution in [0.5, 0.6) is 0 Å². The molecule has 0 saturated heterocycles. The van der Waals surface area contributed by atoms with Crippen molar-refractivity contribution in [3.63, 3.8) is 0 Å². The Morgan fingerprint density at radius 1 is 1.15 bits per heavy atom. The third kappa shape index (κ3) is 4.71. The second-order valence-electron chi connectivity index (χ2n) is 3.92. The lowest BCUT2D eigenvalue weighted by Crippen LogP contribution is -2.19. The average molecular weight is 184 g/mol. The first-order valence-electron chi connectivity index (χ1n) is 4.75. The van der Waals surface area contributed by atoms with E-state index < -0.39 is 0 Å². The van der Waals surface area contributed by atoms with Gasteiger partial charge < -0.3 is 4.74 Å². The van der Waals surface area contributed by atoms with Gasteiger partial charge in [-0.05, 0) is 11.8 Å². The summed E-state index contributed by atoms with van der Waals surface area (Å²) in [6.07, 6.45) is 3.99. The Kier molecular flexibility index (Phi) is 5.44. The molecule has 0 aliphatic carbocycles. The van der Waals surface area contributed by atoms with E-state index in [1.54, 1.807) is 0 Å². The van der Waals surface area contributed by atoms with Crippen molar-refractivity contribution < 1.29 is 9.53 Å². The lowest BCUT2D eigenvalue weighted by Gasteiger charge is -2.14. The lowest BCUT2D eigenvalue weighted by molar-refractivity contribution is -0.145. The van der Waals surface area contributed by atoms with Crippen LogP contribution >= 0.6 is 0 Å². The molecule has 0 saturated carbocycles. The summed E-state index contributed by atoms with van der Waals surface area (Å²) in [5.41, 5.74) is 0. The van der Waals surface area contributed by atoms with E-state index in [1.807, 2.05) is 26.0 Å². The van der Waals surface area contributed by atoms with Gasteiger partial charge >= 0.3 is 5.97 Å². The van der Waals surface area contributed by atoms with Gasteiger partial charge in [0.2, 0.25) is 0 Å². The molecule has 0 aliphatic heterocycles. The second kappa shape index (κ2) is 5.79. The average Bonchev–Trinajstić information content (AvgIpc) is 2.03. The van der Waals surface area contributed by atoms with Gasteiger partial charge in [0.05, 0.1) is 13.0 Å². The number of ether oxygens (including phenoxy) is 1. The van der Waals surface area contributed by atoms with E-state index in [0.717, 1.165) is 0 Å². The minimum absolute atomic E-state index is 0.104. The molecule has 76 valence electrons. The molecule has 0 spiro atoms. The molecular weight excluding hydrogens is 164 g/mol. The van der Waals surface area contributed by atoms with E-state index in [2.05, 4.69) is 13.8 Å². The molecule has 1 unspecified atom stereocenters. The lowest BCUT2D eigenvalue weighted by atomic mass is 9.94. The Morgan fingerprint density at radius 2 is 1.69 bits per heavy atom. The number of allylic oxidation sites excluding steroid dienone is 1. The zero-order chi connectivity index (χ0) is 10.4. The zero-order valence-electron chi connectivity index (χ0n) is 9.20. The molecule has 0 aromatic carbocycles. The third-order valence-corrected chi connectivity index (χ3v) is 1.89. The van der Waals surface area contributed by atoms with Crippen LogP contribution in [0, 0.1) is 17.8 Å². The van der Waals surface area contributed by atoms with Gasteiger partial charge in [0.15, 0.2) is 0 Å². The molecule has 0 aromatic heterocycles. The molecule has 0 N–H and O–H groups in total. The van der Waals surface area contributed by atoms with Crippen LogP contribution in [0.3, 0.4) is 0 Å². The van der Waals surface area contributed by atoms with Gasteiger partial charge in [0.1, 0.15) is 0 Å². The molecule has 2 heteroatoms. The maximum absolute atomic E-state index is 11.3. The van der Waals surface area contributed by atoms with Gasteiger partial charge in [-0.3, -0.25) is 4.79 Å². The van der Waals surface area contributed by atoms with E-state index in [4.69, 9.17) is 4.74 Å².